The van der Waals surface area contributed by atoms with E-state index in [2.05, 4.69) is 47.1 Å². The first kappa shape index (κ1) is 12.6. The van der Waals surface area contributed by atoms with Gasteiger partial charge in [0.1, 0.15) is 5.82 Å². The summed E-state index contributed by atoms with van der Waals surface area (Å²) in [5.41, 5.74) is 2.16. The van der Waals surface area contributed by atoms with E-state index in [1.807, 2.05) is 18.2 Å². The van der Waals surface area contributed by atoms with Crippen molar-refractivity contribution < 1.29 is 0 Å². The Morgan fingerprint density at radius 2 is 2.21 bits per heavy atom. The standard InChI is InChI=1S/C15H22N4/c1-10-8-12(9-19(10)3)16-11(2)15-17-13-6-4-5-7-14(13)18-15/h4-7,10-12,16H,8-9H2,1-3H3,(H,17,18). The number of nitrogens with zero attached hydrogens (tertiary/aromatic N) is 2. The Bertz CT molecular complexity index is 519. The van der Waals surface area contributed by atoms with E-state index in [-0.39, 0.29) is 6.04 Å². The second-order valence-corrected chi connectivity index (χ2v) is 5.75. The van der Waals surface area contributed by atoms with E-state index in [0.29, 0.717) is 12.1 Å². The van der Waals surface area contributed by atoms with E-state index in [0.717, 1.165) is 23.4 Å². The van der Waals surface area contributed by atoms with Crippen LogP contribution in [0.15, 0.2) is 24.3 Å². The number of imidazole rings is 1. The van der Waals surface area contributed by atoms with Crippen LogP contribution in [0.2, 0.25) is 0 Å². The van der Waals surface area contributed by atoms with Gasteiger partial charge in [-0.05, 0) is 39.4 Å². The van der Waals surface area contributed by atoms with Crippen molar-refractivity contribution in [1.29, 1.82) is 0 Å². The van der Waals surface area contributed by atoms with Gasteiger partial charge in [0.05, 0.1) is 17.1 Å². The number of likely N-dealkylation sites (tertiary alicyclic amines) is 1. The summed E-state index contributed by atoms with van der Waals surface area (Å²) in [5, 5.41) is 3.68. The molecule has 1 aromatic carbocycles. The predicted octanol–water partition coefficient (Wildman–Crippen LogP) is 2.31. The second kappa shape index (κ2) is 4.94. The lowest BCUT2D eigenvalue weighted by Gasteiger charge is -2.17. The van der Waals surface area contributed by atoms with E-state index in [1.165, 1.54) is 6.42 Å². The van der Waals surface area contributed by atoms with Gasteiger partial charge in [-0.15, -0.1) is 0 Å². The van der Waals surface area contributed by atoms with Gasteiger partial charge in [-0.25, -0.2) is 4.98 Å². The molecular weight excluding hydrogens is 236 g/mol. The topological polar surface area (TPSA) is 44.0 Å². The van der Waals surface area contributed by atoms with Crippen molar-refractivity contribution in [1.82, 2.24) is 20.2 Å². The van der Waals surface area contributed by atoms with Crippen molar-refractivity contribution in [2.75, 3.05) is 13.6 Å². The van der Waals surface area contributed by atoms with Gasteiger partial charge in [-0.3, -0.25) is 0 Å². The van der Waals surface area contributed by atoms with E-state index >= 15 is 0 Å². The van der Waals surface area contributed by atoms with Crippen molar-refractivity contribution in [3.63, 3.8) is 0 Å². The van der Waals surface area contributed by atoms with Crippen molar-refractivity contribution in [2.24, 2.45) is 0 Å². The quantitative estimate of drug-likeness (QED) is 0.888. The van der Waals surface area contributed by atoms with Gasteiger partial charge in [-0.1, -0.05) is 12.1 Å². The van der Waals surface area contributed by atoms with Crippen LogP contribution in [0.4, 0.5) is 0 Å². The Morgan fingerprint density at radius 1 is 1.42 bits per heavy atom. The van der Waals surface area contributed by atoms with E-state index < -0.39 is 0 Å². The Balaban J connectivity index is 1.71. The number of aromatic amines is 1. The van der Waals surface area contributed by atoms with Crippen molar-refractivity contribution in [3.8, 4) is 0 Å². The summed E-state index contributed by atoms with van der Waals surface area (Å²) in [6.07, 6.45) is 1.21. The molecule has 102 valence electrons. The van der Waals surface area contributed by atoms with Gasteiger partial charge in [0.2, 0.25) is 0 Å². The maximum absolute atomic E-state index is 4.66. The van der Waals surface area contributed by atoms with Gasteiger partial charge in [0, 0.05) is 18.6 Å². The first-order chi connectivity index (χ1) is 9.13. The number of para-hydroxylation sites is 2. The first-order valence-corrected chi connectivity index (χ1v) is 7.04. The van der Waals surface area contributed by atoms with Crippen LogP contribution in [0, 0.1) is 0 Å². The number of fused-ring (bicyclic) bond motifs is 1. The Hall–Kier alpha value is -1.39. The number of aromatic nitrogens is 2. The minimum absolute atomic E-state index is 0.260. The largest absolute Gasteiger partial charge is 0.341 e. The first-order valence-electron chi connectivity index (χ1n) is 7.04. The van der Waals surface area contributed by atoms with Crippen molar-refractivity contribution >= 4 is 11.0 Å². The average Bonchev–Trinajstić information content (AvgIpc) is 2.93. The number of hydrogen-bond donors (Lipinski definition) is 2. The lowest BCUT2D eigenvalue weighted by Crippen LogP contribution is -2.34. The highest BCUT2D eigenvalue weighted by Crippen LogP contribution is 2.20. The summed E-state index contributed by atoms with van der Waals surface area (Å²) in [6, 6.07) is 9.67. The third-order valence-corrected chi connectivity index (χ3v) is 4.19. The fourth-order valence-corrected chi connectivity index (χ4v) is 2.92. The predicted molar refractivity (Wildman–Crippen MR) is 78.1 cm³/mol. The molecular formula is C15H22N4. The minimum Gasteiger partial charge on any atom is -0.341 e. The molecule has 1 fully saturated rings. The second-order valence-electron chi connectivity index (χ2n) is 5.75. The number of hydrogen-bond acceptors (Lipinski definition) is 3. The highest BCUT2D eigenvalue weighted by atomic mass is 15.2. The lowest BCUT2D eigenvalue weighted by molar-refractivity contribution is 0.324. The van der Waals surface area contributed by atoms with Crippen molar-refractivity contribution in [2.45, 2.75) is 38.4 Å². The number of benzene rings is 1. The van der Waals surface area contributed by atoms with E-state index in [1.54, 1.807) is 0 Å². The molecule has 3 rings (SSSR count). The number of H-pyrrole nitrogens is 1. The molecule has 1 aliphatic heterocycles. The molecule has 2 aromatic rings. The zero-order chi connectivity index (χ0) is 13.4. The van der Waals surface area contributed by atoms with Crippen LogP contribution in [0.25, 0.3) is 11.0 Å². The lowest BCUT2D eigenvalue weighted by atomic mass is 10.1. The van der Waals surface area contributed by atoms with Crippen LogP contribution < -0.4 is 5.32 Å². The molecule has 4 heteroatoms. The summed E-state index contributed by atoms with van der Waals surface area (Å²) in [6.45, 7) is 5.58. The van der Waals surface area contributed by atoms with Crippen LogP contribution in [0.5, 0.6) is 0 Å². The molecule has 0 aliphatic carbocycles. The molecule has 0 spiro atoms. The number of likely N-dealkylation sites (N-methyl/N-ethyl adjacent to an activating group) is 1. The van der Waals surface area contributed by atoms with Crippen molar-refractivity contribution in [3.05, 3.63) is 30.1 Å². The molecule has 3 unspecified atom stereocenters. The number of rotatable bonds is 3. The van der Waals surface area contributed by atoms with Crippen LogP contribution in [0.3, 0.4) is 0 Å². The summed E-state index contributed by atoms with van der Waals surface area (Å²) in [5.74, 6) is 1.03. The smallest absolute Gasteiger partial charge is 0.124 e. The highest BCUT2D eigenvalue weighted by molar-refractivity contribution is 5.74. The van der Waals surface area contributed by atoms with Crippen LogP contribution >= 0.6 is 0 Å². The average molecular weight is 258 g/mol. The Labute approximate surface area is 114 Å². The summed E-state index contributed by atoms with van der Waals surface area (Å²) in [4.78, 5) is 10.5. The third-order valence-electron chi connectivity index (χ3n) is 4.19. The van der Waals surface area contributed by atoms with Crippen LogP contribution in [-0.4, -0.2) is 40.5 Å². The molecule has 2 N–H and O–H groups in total. The van der Waals surface area contributed by atoms with E-state index in [9.17, 15) is 0 Å². The monoisotopic (exact) mass is 258 g/mol. The molecule has 2 heterocycles. The normalized spacial score (nSPS) is 26.1. The summed E-state index contributed by atoms with van der Waals surface area (Å²) >= 11 is 0. The zero-order valence-corrected chi connectivity index (χ0v) is 11.9. The molecule has 3 atom stereocenters. The number of nitrogens with one attached hydrogen (secondary N) is 2. The van der Waals surface area contributed by atoms with Gasteiger partial charge in [0.15, 0.2) is 0 Å². The molecule has 1 aromatic heterocycles. The molecule has 0 bridgehead atoms. The maximum Gasteiger partial charge on any atom is 0.124 e. The third kappa shape index (κ3) is 2.51. The van der Waals surface area contributed by atoms with Gasteiger partial charge >= 0.3 is 0 Å². The Morgan fingerprint density at radius 3 is 2.89 bits per heavy atom. The van der Waals surface area contributed by atoms with Crippen LogP contribution in [-0.2, 0) is 0 Å². The van der Waals surface area contributed by atoms with Gasteiger partial charge < -0.3 is 15.2 Å². The fourth-order valence-electron chi connectivity index (χ4n) is 2.92. The fraction of sp³-hybridized carbons (Fsp3) is 0.533. The molecule has 4 nitrogen and oxygen atoms in total. The van der Waals surface area contributed by atoms with E-state index in [4.69, 9.17) is 0 Å². The molecule has 0 saturated carbocycles. The van der Waals surface area contributed by atoms with Gasteiger partial charge in [0.25, 0.3) is 0 Å². The van der Waals surface area contributed by atoms with Crippen LogP contribution in [0.1, 0.15) is 32.1 Å². The Kier molecular flexibility index (Phi) is 3.29. The molecule has 1 aliphatic rings. The maximum atomic E-state index is 4.66. The summed E-state index contributed by atoms with van der Waals surface area (Å²) < 4.78 is 0. The van der Waals surface area contributed by atoms with Gasteiger partial charge in [-0.2, -0.15) is 0 Å². The molecule has 1 saturated heterocycles. The molecule has 0 amide bonds. The SMILES string of the molecule is CC(NC1CC(C)N(C)C1)c1nc2ccccc2[nH]1. The minimum atomic E-state index is 0.260. The molecule has 0 radical (unpaired) electrons. The zero-order valence-electron chi connectivity index (χ0n) is 11.9. The summed E-state index contributed by atoms with van der Waals surface area (Å²) in [7, 11) is 2.19. The highest BCUT2D eigenvalue weighted by Gasteiger charge is 2.27. The molecule has 19 heavy (non-hydrogen) atoms.